The molecule has 2 saturated carbocycles. The molecule has 0 aliphatic heterocycles. The lowest BCUT2D eigenvalue weighted by Crippen LogP contribution is -2.44. The Morgan fingerprint density at radius 2 is 2.09 bits per heavy atom. The molecule has 0 radical (unpaired) electrons. The van der Waals surface area contributed by atoms with Crippen LogP contribution < -0.4 is 10.1 Å². The number of benzene rings is 1. The molecule has 1 N–H and O–H groups in total. The van der Waals surface area contributed by atoms with E-state index < -0.39 is 6.10 Å². The van der Waals surface area contributed by atoms with Crippen molar-refractivity contribution in [3.8, 4) is 5.75 Å². The quantitative estimate of drug-likeness (QED) is 0.921. The zero-order valence-electron chi connectivity index (χ0n) is 14.0. The van der Waals surface area contributed by atoms with Gasteiger partial charge in [0.25, 0.3) is 5.91 Å². The van der Waals surface area contributed by atoms with E-state index in [0.717, 1.165) is 24.5 Å². The van der Waals surface area contributed by atoms with Crippen LogP contribution in [0.2, 0.25) is 0 Å². The van der Waals surface area contributed by atoms with Crippen molar-refractivity contribution in [2.24, 2.45) is 11.8 Å². The molecule has 3 nitrogen and oxygen atoms in total. The average molecular weight is 313 g/mol. The van der Waals surface area contributed by atoms with Crippen molar-refractivity contribution >= 4 is 5.91 Å². The Hall–Kier alpha value is -1.51. The second kappa shape index (κ2) is 6.18. The second-order valence-corrected chi connectivity index (χ2v) is 7.65. The van der Waals surface area contributed by atoms with Gasteiger partial charge in [-0.15, -0.1) is 0 Å². The van der Waals surface area contributed by atoms with Gasteiger partial charge in [-0.3, -0.25) is 4.79 Å². The first-order valence-electron chi connectivity index (χ1n) is 9.28. The van der Waals surface area contributed by atoms with Crippen LogP contribution in [-0.2, 0) is 17.6 Å². The summed E-state index contributed by atoms with van der Waals surface area (Å²) in [7, 11) is 0. The molecule has 0 unspecified atom stereocenters. The summed E-state index contributed by atoms with van der Waals surface area (Å²) in [6, 6.07) is 6.66. The third kappa shape index (κ3) is 2.98. The van der Waals surface area contributed by atoms with Gasteiger partial charge >= 0.3 is 0 Å². The number of carbonyl (C=O) groups excluding carboxylic acids is 1. The highest BCUT2D eigenvalue weighted by Crippen LogP contribution is 2.44. The molecule has 2 fully saturated rings. The van der Waals surface area contributed by atoms with E-state index in [1.807, 2.05) is 13.0 Å². The van der Waals surface area contributed by atoms with E-state index in [-0.39, 0.29) is 5.91 Å². The van der Waals surface area contributed by atoms with Crippen LogP contribution in [0.4, 0.5) is 0 Å². The number of hydrogen-bond acceptors (Lipinski definition) is 2. The molecule has 2 bridgehead atoms. The Balaban J connectivity index is 1.39. The molecule has 1 aromatic rings. The highest BCUT2D eigenvalue weighted by molar-refractivity contribution is 5.81. The molecule has 0 saturated heterocycles. The Morgan fingerprint density at radius 3 is 2.87 bits per heavy atom. The van der Waals surface area contributed by atoms with E-state index in [4.69, 9.17) is 4.74 Å². The maximum atomic E-state index is 12.5. The lowest BCUT2D eigenvalue weighted by molar-refractivity contribution is -0.128. The van der Waals surface area contributed by atoms with Crippen LogP contribution in [-0.4, -0.2) is 18.1 Å². The van der Waals surface area contributed by atoms with Gasteiger partial charge < -0.3 is 10.1 Å². The van der Waals surface area contributed by atoms with Crippen LogP contribution in [0, 0.1) is 11.8 Å². The summed E-state index contributed by atoms with van der Waals surface area (Å²) in [6.45, 7) is 1.88. The zero-order chi connectivity index (χ0) is 15.8. The number of amides is 1. The number of nitrogens with one attached hydrogen (secondary N) is 1. The smallest absolute Gasteiger partial charge is 0.261 e. The van der Waals surface area contributed by atoms with E-state index in [2.05, 4.69) is 17.4 Å². The lowest BCUT2D eigenvalue weighted by atomic mass is 9.91. The van der Waals surface area contributed by atoms with Crippen LogP contribution in [0.25, 0.3) is 0 Å². The largest absolute Gasteiger partial charge is 0.481 e. The zero-order valence-corrected chi connectivity index (χ0v) is 14.0. The molecule has 0 aromatic heterocycles. The SMILES string of the molecule is C[C@H](Oc1cccc2c1CCCC2)C(=O)N[C@@H]1C[C@H]2CC[C@H]1C2. The summed E-state index contributed by atoms with van der Waals surface area (Å²) in [4.78, 5) is 12.5. The van der Waals surface area contributed by atoms with Crippen molar-refractivity contribution in [1.29, 1.82) is 0 Å². The van der Waals surface area contributed by atoms with E-state index in [0.29, 0.717) is 12.0 Å². The van der Waals surface area contributed by atoms with Gasteiger partial charge in [0.1, 0.15) is 5.75 Å². The maximum absolute atomic E-state index is 12.5. The number of carbonyl (C=O) groups is 1. The molecule has 3 aliphatic carbocycles. The minimum Gasteiger partial charge on any atom is -0.481 e. The molecule has 23 heavy (non-hydrogen) atoms. The molecule has 3 heteroatoms. The summed E-state index contributed by atoms with van der Waals surface area (Å²) in [5, 5.41) is 3.25. The molecule has 1 amide bonds. The second-order valence-electron chi connectivity index (χ2n) is 7.65. The summed E-state index contributed by atoms with van der Waals surface area (Å²) in [5.41, 5.74) is 2.72. The number of ether oxygens (including phenoxy) is 1. The molecule has 1 aromatic carbocycles. The van der Waals surface area contributed by atoms with Crippen molar-refractivity contribution in [3.63, 3.8) is 0 Å². The van der Waals surface area contributed by atoms with Crippen molar-refractivity contribution in [3.05, 3.63) is 29.3 Å². The fraction of sp³-hybridized carbons (Fsp3) is 0.650. The predicted octanol–water partition coefficient (Wildman–Crippen LogP) is 3.64. The topological polar surface area (TPSA) is 38.3 Å². The van der Waals surface area contributed by atoms with Crippen molar-refractivity contribution in [2.45, 2.75) is 70.4 Å². The van der Waals surface area contributed by atoms with Crippen LogP contribution >= 0.6 is 0 Å². The van der Waals surface area contributed by atoms with Crippen LogP contribution in [0.3, 0.4) is 0 Å². The summed E-state index contributed by atoms with van der Waals surface area (Å²) < 4.78 is 6.05. The first-order chi connectivity index (χ1) is 11.2. The van der Waals surface area contributed by atoms with E-state index in [9.17, 15) is 4.79 Å². The monoisotopic (exact) mass is 313 g/mol. The fourth-order valence-electron chi connectivity index (χ4n) is 4.82. The Bertz CT molecular complexity index is 597. The van der Waals surface area contributed by atoms with Gasteiger partial charge in [-0.1, -0.05) is 18.6 Å². The Kier molecular flexibility index (Phi) is 4.04. The van der Waals surface area contributed by atoms with Gasteiger partial charge in [0.05, 0.1) is 0 Å². The van der Waals surface area contributed by atoms with Gasteiger partial charge in [0.15, 0.2) is 6.10 Å². The lowest BCUT2D eigenvalue weighted by Gasteiger charge is -2.26. The summed E-state index contributed by atoms with van der Waals surface area (Å²) >= 11 is 0. The maximum Gasteiger partial charge on any atom is 0.261 e. The van der Waals surface area contributed by atoms with Gasteiger partial charge in [-0.05, 0) is 80.9 Å². The van der Waals surface area contributed by atoms with E-state index in [1.54, 1.807) is 0 Å². The predicted molar refractivity (Wildman–Crippen MR) is 90.6 cm³/mol. The van der Waals surface area contributed by atoms with Crippen LogP contribution in [0.1, 0.15) is 56.6 Å². The Morgan fingerprint density at radius 1 is 1.22 bits per heavy atom. The van der Waals surface area contributed by atoms with Crippen LogP contribution in [0.5, 0.6) is 5.75 Å². The highest BCUT2D eigenvalue weighted by Gasteiger charge is 2.40. The summed E-state index contributed by atoms with van der Waals surface area (Å²) in [5.74, 6) is 2.53. The first kappa shape index (κ1) is 15.0. The fourth-order valence-corrected chi connectivity index (χ4v) is 4.82. The third-order valence-corrected chi connectivity index (χ3v) is 6.09. The minimum absolute atomic E-state index is 0.0518. The van der Waals surface area contributed by atoms with Gasteiger partial charge in [0.2, 0.25) is 0 Å². The van der Waals surface area contributed by atoms with Crippen molar-refractivity contribution in [1.82, 2.24) is 5.32 Å². The van der Waals surface area contributed by atoms with Crippen molar-refractivity contribution in [2.75, 3.05) is 0 Å². The molecular formula is C20H27NO2. The minimum atomic E-state index is -0.414. The summed E-state index contributed by atoms with van der Waals surface area (Å²) in [6.07, 6.45) is 9.41. The van der Waals surface area contributed by atoms with Gasteiger partial charge in [-0.2, -0.15) is 0 Å². The first-order valence-corrected chi connectivity index (χ1v) is 9.28. The number of fused-ring (bicyclic) bond motifs is 3. The molecule has 3 aliphatic rings. The van der Waals surface area contributed by atoms with Gasteiger partial charge in [0, 0.05) is 6.04 Å². The highest BCUT2D eigenvalue weighted by atomic mass is 16.5. The molecular weight excluding hydrogens is 286 g/mol. The average Bonchev–Trinajstić information content (AvgIpc) is 3.18. The van der Waals surface area contributed by atoms with Crippen molar-refractivity contribution < 1.29 is 9.53 Å². The molecule has 4 atom stereocenters. The molecule has 124 valence electrons. The third-order valence-electron chi connectivity index (χ3n) is 6.09. The molecule has 4 rings (SSSR count). The molecule has 0 heterocycles. The number of aryl methyl sites for hydroxylation is 1. The van der Waals surface area contributed by atoms with E-state index >= 15 is 0 Å². The number of hydrogen-bond donors (Lipinski definition) is 1. The standard InChI is InChI=1S/C20H27NO2/c1-13(20(22)21-18-12-14-9-10-16(18)11-14)23-19-8-4-6-15-5-2-3-7-17(15)19/h4,6,8,13-14,16,18H,2-3,5,7,9-12H2,1H3,(H,21,22)/t13-,14-,16-,18+/m0/s1. The van der Waals surface area contributed by atoms with Gasteiger partial charge in [-0.25, -0.2) is 0 Å². The van der Waals surface area contributed by atoms with Crippen LogP contribution in [0.15, 0.2) is 18.2 Å². The molecule has 0 spiro atoms. The Labute approximate surface area is 138 Å². The van der Waals surface area contributed by atoms with E-state index in [1.165, 1.54) is 49.7 Å². The normalized spacial score (nSPS) is 29.9. The number of rotatable bonds is 4.